The van der Waals surface area contributed by atoms with Crippen LogP contribution in [0.2, 0.25) is 0 Å². The molecule has 9 heteroatoms. The van der Waals surface area contributed by atoms with E-state index in [1.807, 2.05) is 6.07 Å². The summed E-state index contributed by atoms with van der Waals surface area (Å²) in [5.41, 5.74) is 2.89. The Morgan fingerprint density at radius 1 is 1.11 bits per heavy atom. The summed E-state index contributed by atoms with van der Waals surface area (Å²) in [5, 5.41) is 6.44. The van der Waals surface area contributed by atoms with Gasteiger partial charge in [0.1, 0.15) is 0 Å². The van der Waals surface area contributed by atoms with Crippen LogP contribution in [0.5, 0.6) is 0 Å². The minimum atomic E-state index is -3.00. The first-order chi connectivity index (χ1) is 13.4. The Morgan fingerprint density at radius 3 is 2.43 bits per heavy atom. The zero-order valence-corrected chi connectivity index (χ0v) is 17.2. The van der Waals surface area contributed by atoms with Crippen LogP contribution in [-0.2, 0) is 23.6 Å². The molecule has 0 amide bonds. The molecule has 1 aliphatic rings. The molecule has 28 heavy (non-hydrogen) atoms. The van der Waals surface area contributed by atoms with E-state index >= 15 is 0 Å². The number of anilines is 3. The molecule has 1 atom stereocenters. The predicted molar refractivity (Wildman–Crippen MR) is 114 cm³/mol. The highest BCUT2D eigenvalue weighted by Gasteiger charge is 2.34. The molecule has 0 aliphatic carbocycles. The molecule has 1 aliphatic heterocycles. The van der Waals surface area contributed by atoms with Crippen molar-refractivity contribution in [3.63, 3.8) is 0 Å². The SMILES string of the molecule is CO[S+](=O)(Nc1ccc(C(=O)CSC(C)=O)cc1)c1ccc2c(c1)NCCN2. The van der Waals surface area contributed by atoms with Crippen molar-refractivity contribution in [1.29, 1.82) is 0 Å². The highest BCUT2D eigenvalue weighted by Crippen LogP contribution is 2.31. The van der Waals surface area contributed by atoms with Gasteiger partial charge in [0.15, 0.2) is 10.9 Å². The summed E-state index contributed by atoms with van der Waals surface area (Å²) in [4.78, 5) is 23.6. The maximum Gasteiger partial charge on any atom is 0.348 e. The highest BCUT2D eigenvalue weighted by molar-refractivity contribution is 8.14. The third kappa shape index (κ3) is 4.73. The van der Waals surface area contributed by atoms with Gasteiger partial charge >= 0.3 is 10.4 Å². The summed E-state index contributed by atoms with van der Waals surface area (Å²) in [6, 6.07) is 12.0. The standard InChI is InChI=1S/C19H21N3O4S2/c1-13(23)27-12-19(24)14-3-5-15(6-4-14)22-28(25,26-2)16-7-8-17-18(11-16)21-10-9-20-17/h3-8,11,21H,9-10,12H2,1-2H3,(H-,20,22,24,25)/p+1. The van der Waals surface area contributed by atoms with Crippen LogP contribution in [-0.4, -0.2) is 36.9 Å². The van der Waals surface area contributed by atoms with Gasteiger partial charge in [-0.25, -0.2) is 0 Å². The molecule has 1 unspecified atom stereocenters. The lowest BCUT2D eigenvalue weighted by Crippen LogP contribution is -2.25. The molecule has 3 rings (SSSR count). The first kappa shape index (κ1) is 20.4. The van der Waals surface area contributed by atoms with Gasteiger partial charge in [0.05, 0.1) is 29.9 Å². The molecule has 0 spiro atoms. The molecule has 0 bridgehead atoms. The normalized spacial score (nSPS) is 14.8. The van der Waals surface area contributed by atoms with Crippen LogP contribution in [0.4, 0.5) is 17.1 Å². The number of hydrogen-bond donors (Lipinski definition) is 3. The molecule has 148 valence electrons. The highest BCUT2D eigenvalue weighted by atomic mass is 32.3. The molecule has 0 radical (unpaired) electrons. The lowest BCUT2D eigenvalue weighted by Gasteiger charge is -2.20. The lowest BCUT2D eigenvalue weighted by molar-refractivity contribution is -0.109. The number of benzene rings is 2. The van der Waals surface area contributed by atoms with Crippen molar-refractivity contribution in [3.8, 4) is 0 Å². The van der Waals surface area contributed by atoms with E-state index in [0.29, 0.717) is 16.1 Å². The van der Waals surface area contributed by atoms with E-state index < -0.39 is 10.4 Å². The summed E-state index contributed by atoms with van der Waals surface area (Å²) in [6.45, 7) is 3.05. The van der Waals surface area contributed by atoms with Gasteiger partial charge in [-0.2, -0.15) is 4.72 Å². The van der Waals surface area contributed by atoms with E-state index in [1.54, 1.807) is 36.4 Å². The zero-order valence-electron chi connectivity index (χ0n) is 15.6. The maximum atomic E-state index is 13.3. The van der Waals surface area contributed by atoms with Gasteiger partial charge < -0.3 is 10.6 Å². The molecule has 0 saturated carbocycles. The Balaban J connectivity index is 1.76. The van der Waals surface area contributed by atoms with Crippen LogP contribution in [0.1, 0.15) is 17.3 Å². The monoisotopic (exact) mass is 420 g/mol. The van der Waals surface area contributed by atoms with E-state index in [1.165, 1.54) is 14.0 Å². The number of fused-ring (bicyclic) bond motifs is 1. The molecule has 3 N–H and O–H groups in total. The summed E-state index contributed by atoms with van der Waals surface area (Å²) in [6.07, 6.45) is 0. The van der Waals surface area contributed by atoms with Crippen molar-refractivity contribution in [1.82, 2.24) is 0 Å². The van der Waals surface area contributed by atoms with Crippen LogP contribution >= 0.6 is 11.8 Å². The van der Waals surface area contributed by atoms with Gasteiger partial charge in [0.25, 0.3) is 0 Å². The molecule has 0 fully saturated rings. The summed E-state index contributed by atoms with van der Waals surface area (Å²) >= 11 is 0.979. The van der Waals surface area contributed by atoms with Crippen LogP contribution in [0.25, 0.3) is 0 Å². The number of carbonyl (C=O) groups is 2. The van der Waals surface area contributed by atoms with Crippen LogP contribution in [0.15, 0.2) is 47.4 Å². The van der Waals surface area contributed by atoms with Gasteiger partial charge in [-0.1, -0.05) is 11.8 Å². The van der Waals surface area contributed by atoms with E-state index in [0.717, 1.165) is 36.2 Å². The first-order valence-corrected chi connectivity index (χ1v) is 11.1. The molecule has 2 aromatic rings. The van der Waals surface area contributed by atoms with Gasteiger partial charge in [0.2, 0.25) is 4.90 Å². The van der Waals surface area contributed by atoms with Crippen molar-refractivity contribution >= 4 is 50.1 Å². The van der Waals surface area contributed by atoms with Crippen molar-refractivity contribution in [3.05, 3.63) is 48.0 Å². The van der Waals surface area contributed by atoms with Crippen molar-refractivity contribution < 1.29 is 18.0 Å². The summed E-state index contributed by atoms with van der Waals surface area (Å²) in [5.74, 6) is -0.0277. The molecular formula is C19H22N3O4S2+. The fourth-order valence-corrected chi connectivity index (χ4v) is 4.57. The molecule has 2 aromatic carbocycles. The molecule has 7 nitrogen and oxygen atoms in total. The molecule has 0 aromatic heterocycles. The smallest absolute Gasteiger partial charge is 0.348 e. The van der Waals surface area contributed by atoms with Crippen LogP contribution in [0, 0.1) is 0 Å². The quantitative estimate of drug-likeness (QED) is 0.466. The van der Waals surface area contributed by atoms with Crippen molar-refractivity contribution in [2.24, 2.45) is 0 Å². The van der Waals surface area contributed by atoms with E-state index in [-0.39, 0.29) is 16.7 Å². The Bertz CT molecular complexity index is 931. The fraction of sp³-hybridized carbons (Fsp3) is 0.263. The Hall–Kier alpha value is -2.36. The Labute approximate surface area is 169 Å². The number of thioether (sulfide) groups is 1. The second-order valence-corrected chi connectivity index (χ2v) is 9.28. The molecule has 1 heterocycles. The number of Topliss-reactive ketones (excluding diaryl/α,β-unsaturated/α-hetero) is 1. The second kappa shape index (κ2) is 8.76. The third-order valence-electron chi connectivity index (χ3n) is 4.16. The van der Waals surface area contributed by atoms with E-state index in [9.17, 15) is 13.8 Å². The second-order valence-electron chi connectivity index (χ2n) is 6.11. The minimum Gasteiger partial charge on any atom is -0.382 e. The number of ketones is 1. The topological polar surface area (TPSA) is 96.5 Å². The number of rotatable bonds is 7. The third-order valence-corrected chi connectivity index (χ3v) is 6.82. The van der Waals surface area contributed by atoms with Gasteiger partial charge in [-0.3, -0.25) is 9.59 Å². The average molecular weight is 421 g/mol. The van der Waals surface area contributed by atoms with Gasteiger partial charge in [-0.15, -0.1) is 4.18 Å². The van der Waals surface area contributed by atoms with E-state index in [2.05, 4.69) is 15.4 Å². The average Bonchev–Trinajstić information content (AvgIpc) is 2.72. The maximum absolute atomic E-state index is 13.3. The minimum absolute atomic E-state index is 0.0961. The summed E-state index contributed by atoms with van der Waals surface area (Å²) < 4.78 is 21.6. The predicted octanol–water partition coefficient (Wildman–Crippen LogP) is 3.43. The number of carbonyl (C=O) groups excluding carboxylic acids is 2. The largest absolute Gasteiger partial charge is 0.382 e. The fourth-order valence-electron chi connectivity index (χ4n) is 2.71. The zero-order chi connectivity index (χ0) is 20.1. The van der Waals surface area contributed by atoms with E-state index in [4.69, 9.17) is 4.18 Å². The lowest BCUT2D eigenvalue weighted by atomic mass is 10.1. The Kier molecular flexibility index (Phi) is 6.38. The van der Waals surface area contributed by atoms with Crippen molar-refractivity contribution in [2.45, 2.75) is 11.8 Å². The molecule has 0 saturated heterocycles. The van der Waals surface area contributed by atoms with Gasteiger partial charge in [-0.05, 0) is 34.5 Å². The van der Waals surface area contributed by atoms with Gasteiger partial charge in [0, 0.05) is 37.7 Å². The number of hydrogen-bond acceptors (Lipinski definition) is 7. The Morgan fingerprint density at radius 2 is 1.79 bits per heavy atom. The number of nitrogens with one attached hydrogen (secondary N) is 3. The van der Waals surface area contributed by atoms with Crippen LogP contribution < -0.4 is 15.4 Å². The first-order valence-electron chi connectivity index (χ1n) is 8.67. The van der Waals surface area contributed by atoms with Crippen LogP contribution in [0.3, 0.4) is 0 Å². The van der Waals surface area contributed by atoms with Crippen molar-refractivity contribution in [2.75, 3.05) is 41.3 Å². The summed E-state index contributed by atoms with van der Waals surface area (Å²) in [7, 11) is -1.61. The molecular weight excluding hydrogens is 398 g/mol.